The zero-order chi connectivity index (χ0) is 17.4. The number of rotatable bonds is 4. The summed E-state index contributed by atoms with van der Waals surface area (Å²) in [5, 5.41) is 1.03. The van der Waals surface area contributed by atoms with Crippen LogP contribution in [0.4, 0.5) is 0 Å². The normalized spacial score (nSPS) is 25.2. The first-order chi connectivity index (χ1) is 12.1. The Morgan fingerprint density at radius 1 is 1.36 bits per heavy atom. The van der Waals surface area contributed by atoms with Gasteiger partial charge in [-0.1, -0.05) is 0 Å². The molecule has 0 aromatic carbocycles. The minimum Gasteiger partial charge on any atom is -0.488 e. The molecule has 0 unspecified atom stereocenters. The molecule has 132 valence electrons. The predicted molar refractivity (Wildman–Crippen MR) is 96.7 cm³/mol. The van der Waals surface area contributed by atoms with Crippen molar-refractivity contribution in [1.82, 2.24) is 14.9 Å². The highest BCUT2D eigenvalue weighted by Crippen LogP contribution is 2.40. The number of amides is 1. The topological polar surface area (TPSA) is 55.3 Å². The Bertz CT molecular complexity index is 761. The van der Waals surface area contributed by atoms with Crippen molar-refractivity contribution < 1.29 is 9.53 Å². The number of carbonyl (C=O) groups is 1. The summed E-state index contributed by atoms with van der Waals surface area (Å²) >= 11 is 1.63. The molecule has 2 aromatic rings. The molecule has 0 spiro atoms. The number of thiazole rings is 1. The van der Waals surface area contributed by atoms with Gasteiger partial charge in [-0.2, -0.15) is 0 Å². The maximum absolute atomic E-state index is 12.7. The Morgan fingerprint density at radius 2 is 2.24 bits per heavy atom. The van der Waals surface area contributed by atoms with Gasteiger partial charge in [-0.25, -0.2) is 4.98 Å². The van der Waals surface area contributed by atoms with E-state index in [-0.39, 0.29) is 12.0 Å². The molecular formula is C19H23N3O2S. The van der Waals surface area contributed by atoms with E-state index in [4.69, 9.17) is 4.74 Å². The van der Waals surface area contributed by atoms with Crippen molar-refractivity contribution in [3.8, 4) is 5.75 Å². The van der Waals surface area contributed by atoms with E-state index in [0.717, 1.165) is 47.3 Å². The van der Waals surface area contributed by atoms with Gasteiger partial charge in [0, 0.05) is 30.1 Å². The third-order valence-corrected chi connectivity index (χ3v) is 6.45. The Balaban J connectivity index is 1.39. The molecule has 1 saturated carbocycles. The summed E-state index contributed by atoms with van der Waals surface area (Å²) in [6.45, 7) is 5.66. The van der Waals surface area contributed by atoms with Crippen molar-refractivity contribution >= 4 is 17.2 Å². The van der Waals surface area contributed by atoms with Gasteiger partial charge in [-0.05, 0) is 44.7 Å². The first-order valence-electron chi connectivity index (χ1n) is 8.87. The standard InChI is InChI=1S/C19H23N3O2S/c1-12-18(25-13(2)21-12)8-19(23)22-10-14-5-6-17(16(14)11-22)24-15-4-3-7-20-9-15/h3-4,7,9,14,16-17H,5-6,8,10-11H2,1-2H3/t14-,16+,17+/m1/s1. The number of carbonyl (C=O) groups excluding carboxylic acids is 1. The third kappa shape index (κ3) is 3.40. The van der Waals surface area contributed by atoms with Crippen LogP contribution < -0.4 is 4.74 Å². The Labute approximate surface area is 152 Å². The molecule has 3 heterocycles. The van der Waals surface area contributed by atoms with Gasteiger partial charge >= 0.3 is 0 Å². The number of ether oxygens (including phenoxy) is 1. The highest BCUT2D eigenvalue weighted by molar-refractivity contribution is 7.11. The van der Waals surface area contributed by atoms with Gasteiger partial charge in [-0.3, -0.25) is 9.78 Å². The number of likely N-dealkylation sites (tertiary alicyclic amines) is 1. The van der Waals surface area contributed by atoms with E-state index < -0.39 is 0 Å². The zero-order valence-corrected chi connectivity index (χ0v) is 15.5. The van der Waals surface area contributed by atoms with Crippen molar-refractivity contribution in [2.45, 2.75) is 39.2 Å². The van der Waals surface area contributed by atoms with Gasteiger partial charge in [0.25, 0.3) is 0 Å². The Morgan fingerprint density at radius 3 is 2.96 bits per heavy atom. The van der Waals surface area contributed by atoms with E-state index in [0.29, 0.717) is 18.3 Å². The summed E-state index contributed by atoms with van der Waals surface area (Å²) in [4.78, 5) is 24.4. The minimum atomic E-state index is 0.194. The molecule has 5 nitrogen and oxygen atoms in total. The van der Waals surface area contributed by atoms with Crippen LogP contribution in [0.5, 0.6) is 5.75 Å². The molecule has 3 atom stereocenters. The van der Waals surface area contributed by atoms with Crippen molar-refractivity contribution in [1.29, 1.82) is 0 Å². The first kappa shape index (κ1) is 16.5. The number of nitrogens with zero attached hydrogens (tertiary/aromatic N) is 3. The Hall–Kier alpha value is -1.95. The van der Waals surface area contributed by atoms with Gasteiger partial charge in [0.15, 0.2) is 0 Å². The predicted octanol–water partition coefficient (Wildman–Crippen LogP) is 3.01. The molecule has 1 aliphatic carbocycles. The lowest BCUT2D eigenvalue weighted by Gasteiger charge is -2.22. The second kappa shape index (κ2) is 6.75. The van der Waals surface area contributed by atoms with Gasteiger partial charge < -0.3 is 9.64 Å². The number of pyridine rings is 1. The van der Waals surface area contributed by atoms with Crippen molar-refractivity contribution in [3.05, 3.63) is 40.1 Å². The quantitative estimate of drug-likeness (QED) is 0.844. The lowest BCUT2D eigenvalue weighted by molar-refractivity contribution is -0.129. The summed E-state index contributed by atoms with van der Waals surface area (Å²) < 4.78 is 6.15. The number of hydrogen-bond acceptors (Lipinski definition) is 5. The molecule has 0 N–H and O–H groups in total. The summed E-state index contributed by atoms with van der Waals surface area (Å²) in [5.41, 5.74) is 0.994. The third-order valence-electron chi connectivity index (χ3n) is 5.38. The minimum absolute atomic E-state index is 0.194. The van der Waals surface area contributed by atoms with E-state index in [9.17, 15) is 4.79 Å². The lowest BCUT2D eigenvalue weighted by Crippen LogP contribution is -2.33. The molecule has 2 aliphatic rings. The van der Waals surface area contributed by atoms with E-state index in [2.05, 4.69) is 9.97 Å². The smallest absolute Gasteiger partial charge is 0.227 e. The van der Waals surface area contributed by atoms with Crippen LogP contribution in [0.2, 0.25) is 0 Å². The van der Waals surface area contributed by atoms with Gasteiger partial charge in [0.1, 0.15) is 11.9 Å². The van der Waals surface area contributed by atoms with Crippen LogP contribution in [0, 0.1) is 25.7 Å². The molecule has 1 amide bonds. The molecule has 0 bridgehead atoms. The van der Waals surface area contributed by atoms with Gasteiger partial charge in [-0.15, -0.1) is 11.3 Å². The molecule has 0 radical (unpaired) electrons. The molecular weight excluding hydrogens is 334 g/mol. The van der Waals surface area contributed by atoms with E-state index in [1.165, 1.54) is 0 Å². The molecule has 1 aliphatic heterocycles. The number of aryl methyl sites for hydroxylation is 2. The summed E-state index contributed by atoms with van der Waals surface area (Å²) in [6.07, 6.45) is 6.39. The average molecular weight is 357 g/mol. The van der Waals surface area contributed by atoms with Crippen molar-refractivity contribution in [2.24, 2.45) is 11.8 Å². The van der Waals surface area contributed by atoms with Crippen LogP contribution in [0.3, 0.4) is 0 Å². The summed E-state index contributed by atoms with van der Waals surface area (Å²) in [7, 11) is 0. The molecule has 25 heavy (non-hydrogen) atoms. The highest BCUT2D eigenvalue weighted by Gasteiger charge is 2.45. The van der Waals surface area contributed by atoms with Crippen LogP contribution >= 0.6 is 11.3 Å². The molecule has 2 aromatic heterocycles. The molecule has 2 fully saturated rings. The van der Waals surface area contributed by atoms with Crippen LogP contribution in [0.25, 0.3) is 0 Å². The SMILES string of the molecule is Cc1nc(C)c(CC(=O)N2C[C@H]3CC[C@H](Oc4cccnc4)[C@H]3C2)s1. The molecule has 6 heteroatoms. The zero-order valence-electron chi connectivity index (χ0n) is 14.6. The maximum Gasteiger partial charge on any atom is 0.227 e. The van der Waals surface area contributed by atoms with Gasteiger partial charge in [0.05, 0.1) is 23.3 Å². The monoisotopic (exact) mass is 357 g/mol. The van der Waals surface area contributed by atoms with Crippen molar-refractivity contribution in [3.63, 3.8) is 0 Å². The average Bonchev–Trinajstić information content (AvgIpc) is 3.25. The summed E-state index contributed by atoms with van der Waals surface area (Å²) in [5.74, 6) is 2.05. The van der Waals surface area contributed by atoms with Crippen molar-refractivity contribution in [2.75, 3.05) is 13.1 Å². The fourth-order valence-electron chi connectivity index (χ4n) is 4.14. The van der Waals surface area contributed by atoms with Crippen LogP contribution in [0.1, 0.15) is 28.4 Å². The van der Waals surface area contributed by atoms with E-state index >= 15 is 0 Å². The lowest BCUT2D eigenvalue weighted by atomic mass is 9.99. The fourth-order valence-corrected chi connectivity index (χ4v) is 5.07. The van der Waals surface area contributed by atoms with E-state index in [1.807, 2.05) is 30.9 Å². The Kier molecular flexibility index (Phi) is 4.46. The van der Waals surface area contributed by atoms with Crippen LogP contribution in [0.15, 0.2) is 24.5 Å². The maximum atomic E-state index is 12.7. The summed E-state index contributed by atoms with van der Waals surface area (Å²) in [6, 6.07) is 3.85. The molecule has 4 rings (SSSR count). The number of fused-ring (bicyclic) bond motifs is 1. The second-order valence-corrected chi connectivity index (χ2v) is 8.35. The second-order valence-electron chi connectivity index (χ2n) is 7.06. The van der Waals surface area contributed by atoms with Crippen LogP contribution in [-0.2, 0) is 11.2 Å². The van der Waals surface area contributed by atoms with E-state index in [1.54, 1.807) is 23.7 Å². The number of aromatic nitrogens is 2. The highest BCUT2D eigenvalue weighted by atomic mass is 32.1. The van der Waals surface area contributed by atoms with Gasteiger partial charge in [0.2, 0.25) is 5.91 Å². The number of hydrogen-bond donors (Lipinski definition) is 0. The largest absolute Gasteiger partial charge is 0.488 e. The van der Waals surface area contributed by atoms with Crippen LogP contribution in [-0.4, -0.2) is 40.0 Å². The fraction of sp³-hybridized carbons (Fsp3) is 0.526. The first-order valence-corrected chi connectivity index (χ1v) is 9.69. The molecule has 1 saturated heterocycles.